The molecule has 3 saturated heterocycles. The number of nitrogens with two attached hydrogens (primary N) is 1. The number of amides is 4. The van der Waals surface area contributed by atoms with E-state index in [2.05, 4.69) is 0 Å². The van der Waals surface area contributed by atoms with Crippen LogP contribution in [0.1, 0.15) is 36.0 Å². The largest absolute Gasteiger partial charge is 0.368 e. The minimum atomic E-state index is -0.888. The molecule has 2 N–H and O–H groups in total. The van der Waals surface area contributed by atoms with Gasteiger partial charge in [-0.15, -0.1) is 0 Å². The van der Waals surface area contributed by atoms with Crippen molar-refractivity contribution >= 4 is 23.5 Å². The van der Waals surface area contributed by atoms with E-state index in [1.165, 1.54) is 0 Å². The van der Waals surface area contributed by atoms with Gasteiger partial charge in [0.15, 0.2) is 0 Å². The molecule has 0 bridgehead atoms. The Morgan fingerprint density at radius 1 is 1.00 bits per heavy atom. The Balaban J connectivity index is 1.55. The van der Waals surface area contributed by atoms with Crippen molar-refractivity contribution in [1.82, 2.24) is 9.80 Å². The summed E-state index contributed by atoms with van der Waals surface area (Å²) in [4.78, 5) is 42.1. The van der Waals surface area contributed by atoms with Crippen molar-refractivity contribution in [3.8, 4) is 0 Å². The number of fused-ring (bicyclic) bond motifs is 1. The van der Waals surface area contributed by atoms with Gasteiger partial charge in [-0.3, -0.25) is 14.5 Å². The van der Waals surface area contributed by atoms with Crippen LogP contribution in [0, 0.1) is 0 Å². The van der Waals surface area contributed by atoms with Crippen LogP contribution >= 0.6 is 0 Å². The van der Waals surface area contributed by atoms with Gasteiger partial charge in [-0.25, -0.2) is 4.79 Å². The highest BCUT2D eigenvalue weighted by Gasteiger charge is 2.56. The lowest BCUT2D eigenvalue weighted by Crippen LogP contribution is -2.52. The molecule has 0 saturated carbocycles. The van der Waals surface area contributed by atoms with Gasteiger partial charge in [0.05, 0.1) is 6.54 Å². The van der Waals surface area contributed by atoms with Crippen molar-refractivity contribution in [3.05, 3.63) is 29.8 Å². The lowest BCUT2D eigenvalue weighted by atomic mass is 9.96. The van der Waals surface area contributed by atoms with Gasteiger partial charge < -0.3 is 15.5 Å². The van der Waals surface area contributed by atoms with Gasteiger partial charge in [0, 0.05) is 30.9 Å². The zero-order valence-corrected chi connectivity index (χ0v) is 14.1. The van der Waals surface area contributed by atoms with E-state index in [-0.39, 0.29) is 18.5 Å². The third-order valence-corrected chi connectivity index (χ3v) is 5.65. The van der Waals surface area contributed by atoms with Crippen molar-refractivity contribution in [2.45, 2.75) is 31.2 Å². The molecule has 0 aromatic heterocycles. The van der Waals surface area contributed by atoms with Crippen LogP contribution in [0.5, 0.6) is 0 Å². The van der Waals surface area contributed by atoms with Crippen LogP contribution in [0.2, 0.25) is 0 Å². The highest BCUT2D eigenvalue weighted by molar-refractivity contribution is 6.03. The first-order chi connectivity index (χ1) is 12.0. The number of likely N-dealkylation sites (tertiary alicyclic amines) is 1. The van der Waals surface area contributed by atoms with Crippen molar-refractivity contribution in [2.75, 3.05) is 31.1 Å². The molecule has 25 heavy (non-hydrogen) atoms. The number of carbonyl (C=O) groups is 3. The van der Waals surface area contributed by atoms with Crippen molar-refractivity contribution < 1.29 is 14.4 Å². The number of rotatable bonds is 3. The summed E-state index contributed by atoms with van der Waals surface area (Å²) in [6.45, 7) is 2.45. The number of carbonyl (C=O) groups excluding carboxylic acids is 3. The van der Waals surface area contributed by atoms with Crippen molar-refractivity contribution in [2.24, 2.45) is 5.73 Å². The van der Waals surface area contributed by atoms with Gasteiger partial charge in [-0.1, -0.05) is 0 Å². The molecule has 7 nitrogen and oxygen atoms in total. The first-order valence-electron chi connectivity index (χ1n) is 8.81. The molecule has 1 atom stereocenters. The molecule has 0 aliphatic carbocycles. The third-order valence-electron chi connectivity index (χ3n) is 5.65. The van der Waals surface area contributed by atoms with E-state index in [9.17, 15) is 14.4 Å². The quantitative estimate of drug-likeness (QED) is 0.895. The molecule has 1 aromatic rings. The summed E-state index contributed by atoms with van der Waals surface area (Å²) in [6.07, 6.45) is 3.51. The number of anilines is 1. The Hall–Kier alpha value is -2.57. The number of hydrogen-bond acceptors (Lipinski definition) is 3. The standard InChI is InChI=1S/C18H22N4O3/c19-16(24)18-8-3-11-22(18)17(25)21(12-18)14-6-4-13(5-7-14)15(23)20-9-1-2-10-20/h4-7H,1-3,8-12H2,(H2,19,24)/t18-/m1/s1. The maximum Gasteiger partial charge on any atom is 0.325 e. The smallest absolute Gasteiger partial charge is 0.325 e. The predicted octanol–water partition coefficient (Wildman–Crippen LogP) is 1.18. The Bertz CT molecular complexity index is 726. The highest BCUT2D eigenvalue weighted by Crippen LogP contribution is 2.38. The van der Waals surface area contributed by atoms with E-state index < -0.39 is 11.4 Å². The van der Waals surface area contributed by atoms with Gasteiger partial charge >= 0.3 is 6.03 Å². The fourth-order valence-corrected chi connectivity index (χ4v) is 4.22. The molecule has 132 valence electrons. The minimum Gasteiger partial charge on any atom is -0.368 e. The van der Waals surface area contributed by atoms with Gasteiger partial charge in [-0.05, 0) is 49.9 Å². The average molecular weight is 342 g/mol. The summed E-state index contributed by atoms with van der Waals surface area (Å²) >= 11 is 0. The average Bonchev–Trinajstić information content (AvgIpc) is 3.32. The SMILES string of the molecule is NC(=O)[C@]12CCCN1C(=O)N(c1ccc(C(=O)N3CCCC3)cc1)C2. The number of urea groups is 1. The Morgan fingerprint density at radius 2 is 1.68 bits per heavy atom. The second kappa shape index (κ2) is 5.75. The topological polar surface area (TPSA) is 87.0 Å². The molecule has 3 aliphatic rings. The molecule has 3 fully saturated rings. The molecule has 4 amide bonds. The maximum atomic E-state index is 12.7. The van der Waals surface area contributed by atoms with E-state index in [0.29, 0.717) is 24.2 Å². The molecule has 7 heteroatoms. The number of nitrogens with zero attached hydrogens (tertiary/aromatic N) is 3. The second-order valence-corrected chi connectivity index (χ2v) is 7.07. The number of primary amides is 1. The van der Waals surface area contributed by atoms with Crippen LogP contribution < -0.4 is 10.6 Å². The zero-order valence-electron chi connectivity index (χ0n) is 14.1. The molecule has 0 unspecified atom stereocenters. The lowest BCUT2D eigenvalue weighted by molar-refractivity contribution is -0.125. The molecule has 3 heterocycles. The highest BCUT2D eigenvalue weighted by atomic mass is 16.2. The van der Waals surface area contributed by atoms with Gasteiger partial charge in [-0.2, -0.15) is 0 Å². The molecule has 0 radical (unpaired) electrons. The summed E-state index contributed by atoms with van der Waals surface area (Å²) in [5.41, 5.74) is 6.03. The summed E-state index contributed by atoms with van der Waals surface area (Å²) in [5.74, 6) is -0.410. The van der Waals surface area contributed by atoms with Crippen LogP contribution in [0.4, 0.5) is 10.5 Å². The van der Waals surface area contributed by atoms with Crippen molar-refractivity contribution in [1.29, 1.82) is 0 Å². The molecule has 1 aromatic carbocycles. The Labute approximate surface area is 146 Å². The maximum absolute atomic E-state index is 12.7. The normalized spacial score (nSPS) is 25.6. The van der Waals surface area contributed by atoms with E-state index in [1.807, 2.05) is 4.90 Å². The fourth-order valence-electron chi connectivity index (χ4n) is 4.22. The summed E-state index contributed by atoms with van der Waals surface area (Å²) in [5, 5.41) is 0. The van der Waals surface area contributed by atoms with Crippen molar-refractivity contribution in [3.63, 3.8) is 0 Å². The monoisotopic (exact) mass is 342 g/mol. The Morgan fingerprint density at radius 3 is 2.28 bits per heavy atom. The van der Waals surface area contributed by atoms with E-state index in [1.54, 1.807) is 34.1 Å². The molecule has 0 spiro atoms. The summed E-state index contributed by atoms with van der Waals surface area (Å²) < 4.78 is 0. The molecule has 3 aliphatic heterocycles. The van der Waals surface area contributed by atoms with Crippen LogP contribution in [0.15, 0.2) is 24.3 Å². The zero-order chi connectivity index (χ0) is 17.6. The first kappa shape index (κ1) is 15.9. The Kier molecular flexibility index (Phi) is 3.67. The molecular weight excluding hydrogens is 320 g/mol. The fraction of sp³-hybridized carbons (Fsp3) is 0.500. The summed E-state index contributed by atoms with van der Waals surface area (Å²) in [7, 11) is 0. The van der Waals surface area contributed by atoms with Gasteiger partial charge in [0.25, 0.3) is 5.91 Å². The van der Waals surface area contributed by atoms with Crippen LogP contribution in [-0.4, -0.2) is 59.4 Å². The number of benzene rings is 1. The predicted molar refractivity (Wildman–Crippen MR) is 92.2 cm³/mol. The molecular formula is C18H22N4O3. The second-order valence-electron chi connectivity index (χ2n) is 7.07. The van der Waals surface area contributed by atoms with Gasteiger partial charge in [0.2, 0.25) is 5.91 Å². The summed E-state index contributed by atoms with van der Waals surface area (Å²) in [6, 6.07) is 6.87. The van der Waals surface area contributed by atoms with E-state index in [4.69, 9.17) is 5.73 Å². The minimum absolute atomic E-state index is 0.0334. The lowest BCUT2D eigenvalue weighted by Gasteiger charge is -2.25. The molecule has 4 rings (SSSR count). The van der Waals surface area contributed by atoms with Crippen LogP contribution in [-0.2, 0) is 4.79 Å². The van der Waals surface area contributed by atoms with Crippen LogP contribution in [0.25, 0.3) is 0 Å². The van der Waals surface area contributed by atoms with Gasteiger partial charge in [0.1, 0.15) is 5.54 Å². The van der Waals surface area contributed by atoms with E-state index >= 15 is 0 Å². The number of hydrogen-bond donors (Lipinski definition) is 1. The first-order valence-corrected chi connectivity index (χ1v) is 8.81. The third kappa shape index (κ3) is 2.37. The van der Waals surface area contributed by atoms with Crippen LogP contribution in [0.3, 0.4) is 0 Å². The van der Waals surface area contributed by atoms with E-state index in [0.717, 1.165) is 32.4 Å².